The van der Waals surface area contributed by atoms with Gasteiger partial charge in [0.25, 0.3) is 0 Å². The van der Waals surface area contributed by atoms with Gasteiger partial charge in [0.15, 0.2) is 0 Å². The predicted octanol–water partition coefficient (Wildman–Crippen LogP) is 6.26. The number of furan rings is 1. The van der Waals surface area contributed by atoms with Crippen molar-refractivity contribution in [3.63, 3.8) is 0 Å². The van der Waals surface area contributed by atoms with Gasteiger partial charge < -0.3 is 19.6 Å². The van der Waals surface area contributed by atoms with Crippen molar-refractivity contribution in [2.24, 2.45) is 12.8 Å². The lowest BCUT2D eigenvalue weighted by Gasteiger charge is -2.12. The summed E-state index contributed by atoms with van der Waals surface area (Å²) in [5.41, 5.74) is 15.7. The van der Waals surface area contributed by atoms with Crippen LogP contribution in [0.15, 0.2) is 71.3 Å². The minimum atomic E-state index is -0.279. The van der Waals surface area contributed by atoms with Crippen molar-refractivity contribution in [3.8, 4) is 28.0 Å². The smallest absolute Gasteiger partial charge is 0.310 e. The van der Waals surface area contributed by atoms with Gasteiger partial charge in [-0.3, -0.25) is 9.48 Å². The number of ether oxygens (including phenoxy) is 2. The van der Waals surface area contributed by atoms with Crippen molar-refractivity contribution < 1.29 is 18.7 Å². The molecule has 7 heteroatoms. The second-order valence-corrected chi connectivity index (χ2v) is 9.61. The van der Waals surface area contributed by atoms with E-state index in [9.17, 15) is 4.79 Å². The summed E-state index contributed by atoms with van der Waals surface area (Å²) in [7, 11) is 1.95. The first-order valence-corrected chi connectivity index (χ1v) is 13.1. The molecule has 7 nitrogen and oxygen atoms in total. The number of carbonyl (C=O) groups is 1. The predicted molar refractivity (Wildman–Crippen MR) is 152 cm³/mol. The Kier molecular flexibility index (Phi) is 7.52. The Morgan fingerprint density at radius 1 is 1.03 bits per heavy atom. The molecule has 0 amide bonds. The molecule has 0 saturated heterocycles. The average molecular weight is 524 g/mol. The van der Waals surface area contributed by atoms with Crippen LogP contribution in [0.4, 0.5) is 0 Å². The molecule has 3 aromatic carbocycles. The number of para-hydroxylation sites is 1. The number of rotatable bonds is 9. The molecule has 0 spiro atoms. The Balaban J connectivity index is 1.58. The van der Waals surface area contributed by atoms with E-state index in [-0.39, 0.29) is 19.0 Å². The van der Waals surface area contributed by atoms with Gasteiger partial charge in [-0.1, -0.05) is 36.4 Å². The summed E-state index contributed by atoms with van der Waals surface area (Å²) in [6.45, 7) is 6.98. The monoisotopic (exact) mass is 523 g/mol. The fourth-order valence-corrected chi connectivity index (χ4v) is 5.01. The van der Waals surface area contributed by atoms with Gasteiger partial charge in [0, 0.05) is 46.9 Å². The molecule has 5 aromatic rings. The molecule has 2 N–H and O–H groups in total. The normalized spacial score (nSPS) is 11.2. The highest BCUT2D eigenvalue weighted by atomic mass is 16.5. The lowest BCUT2D eigenvalue weighted by molar-refractivity contribution is -0.142. The van der Waals surface area contributed by atoms with Crippen LogP contribution in [0, 0.1) is 13.8 Å². The van der Waals surface area contributed by atoms with E-state index in [1.54, 1.807) is 13.2 Å². The maximum Gasteiger partial charge on any atom is 0.310 e. The second-order valence-electron chi connectivity index (χ2n) is 9.61. The molecule has 0 unspecified atom stereocenters. The first-order valence-electron chi connectivity index (χ1n) is 13.1. The summed E-state index contributed by atoms with van der Waals surface area (Å²) in [5.74, 6) is 0.365. The molecule has 0 aliphatic carbocycles. The van der Waals surface area contributed by atoms with Gasteiger partial charge in [0.2, 0.25) is 0 Å². The third-order valence-corrected chi connectivity index (χ3v) is 7.02. The Morgan fingerprint density at radius 3 is 2.59 bits per heavy atom. The summed E-state index contributed by atoms with van der Waals surface area (Å²) in [5, 5.41) is 5.61. The molecule has 0 bridgehead atoms. The van der Waals surface area contributed by atoms with Crippen molar-refractivity contribution in [3.05, 3.63) is 95.0 Å². The minimum Gasteiger partial charge on any atom is -0.488 e. The van der Waals surface area contributed by atoms with Gasteiger partial charge in [0.05, 0.1) is 25.0 Å². The zero-order chi connectivity index (χ0) is 27.5. The number of esters is 1. The quantitative estimate of drug-likeness (QED) is 0.229. The maximum atomic E-state index is 12.1. The minimum absolute atomic E-state index is 0.154. The standard InChI is InChI=1S/C32H33N3O4/c1-5-37-30(36)16-24-10-6-7-12-29(24)38-18-26-19-39-32-27(26)14-25(23-11-8-9-22(13-23)17-33)15-28(32)31-20(2)34-35(4)21(31)3/h6-15,19H,5,16-18,33H2,1-4H3. The molecular weight excluding hydrogens is 490 g/mol. The molecule has 5 rings (SSSR count). The molecule has 0 saturated carbocycles. The highest BCUT2D eigenvalue weighted by Gasteiger charge is 2.20. The topological polar surface area (TPSA) is 92.5 Å². The molecule has 2 aromatic heterocycles. The summed E-state index contributed by atoms with van der Waals surface area (Å²) in [6, 6.07) is 20.1. The summed E-state index contributed by atoms with van der Waals surface area (Å²) < 4.78 is 19.5. The van der Waals surface area contributed by atoms with E-state index in [1.165, 1.54) is 0 Å². The van der Waals surface area contributed by atoms with Crippen molar-refractivity contribution in [2.45, 2.75) is 40.3 Å². The van der Waals surface area contributed by atoms with E-state index in [0.717, 1.165) is 61.3 Å². The average Bonchev–Trinajstić information content (AvgIpc) is 3.46. The fraction of sp³-hybridized carbons (Fsp3) is 0.250. The van der Waals surface area contributed by atoms with Crippen molar-refractivity contribution >= 4 is 16.9 Å². The van der Waals surface area contributed by atoms with Crippen LogP contribution in [0.3, 0.4) is 0 Å². The molecule has 0 aliphatic heterocycles. The van der Waals surface area contributed by atoms with Crippen LogP contribution in [0.1, 0.15) is 35.0 Å². The van der Waals surface area contributed by atoms with E-state index in [2.05, 4.69) is 36.3 Å². The number of aromatic nitrogens is 2. The number of nitrogens with zero attached hydrogens (tertiary/aromatic N) is 2. The molecule has 0 fully saturated rings. The fourth-order valence-electron chi connectivity index (χ4n) is 5.01. The number of hydrogen-bond acceptors (Lipinski definition) is 6. The molecule has 39 heavy (non-hydrogen) atoms. The molecule has 0 atom stereocenters. The second kappa shape index (κ2) is 11.2. The van der Waals surface area contributed by atoms with Gasteiger partial charge in [0.1, 0.15) is 17.9 Å². The van der Waals surface area contributed by atoms with Gasteiger partial charge in [-0.25, -0.2) is 0 Å². The van der Waals surface area contributed by atoms with Gasteiger partial charge >= 0.3 is 5.97 Å². The Hall–Kier alpha value is -4.36. The molecule has 2 heterocycles. The van der Waals surface area contributed by atoms with Crippen LogP contribution in [0.2, 0.25) is 0 Å². The molecule has 200 valence electrons. The van der Waals surface area contributed by atoms with Crippen molar-refractivity contribution in [1.29, 1.82) is 0 Å². The van der Waals surface area contributed by atoms with Gasteiger partial charge in [-0.05, 0) is 61.7 Å². The number of benzene rings is 3. The zero-order valence-corrected chi connectivity index (χ0v) is 22.8. The summed E-state index contributed by atoms with van der Waals surface area (Å²) >= 11 is 0. The van der Waals surface area contributed by atoms with E-state index in [4.69, 9.17) is 19.6 Å². The van der Waals surface area contributed by atoms with Crippen LogP contribution in [0.5, 0.6) is 5.75 Å². The third-order valence-electron chi connectivity index (χ3n) is 7.02. The first-order chi connectivity index (χ1) is 18.9. The maximum absolute atomic E-state index is 12.1. The number of hydrogen-bond donors (Lipinski definition) is 1. The molecular formula is C32H33N3O4. The number of nitrogens with two attached hydrogens (primary N) is 1. The number of carbonyl (C=O) groups excluding carboxylic acids is 1. The van der Waals surface area contributed by atoms with E-state index < -0.39 is 0 Å². The highest BCUT2D eigenvalue weighted by Crippen LogP contribution is 2.39. The Labute approximate surface area is 228 Å². The van der Waals surface area contributed by atoms with Gasteiger partial charge in [-0.15, -0.1) is 0 Å². The Bertz CT molecular complexity index is 1650. The Morgan fingerprint density at radius 2 is 1.85 bits per heavy atom. The van der Waals surface area contributed by atoms with Gasteiger partial charge in [-0.2, -0.15) is 5.10 Å². The van der Waals surface area contributed by atoms with E-state index in [0.29, 0.717) is 18.9 Å². The van der Waals surface area contributed by atoms with Crippen molar-refractivity contribution in [1.82, 2.24) is 9.78 Å². The van der Waals surface area contributed by atoms with E-state index in [1.807, 2.05) is 55.1 Å². The molecule has 0 aliphatic rings. The van der Waals surface area contributed by atoms with Crippen LogP contribution in [-0.4, -0.2) is 22.4 Å². The zero-order valence-electron chi connectivity index (χ0n) is 22.8. The third kappa shape index (κ3) is 5.31. The van der Waals surface area contributed by atoms with Crippen LogP contribution < -0.4 is 10.5 Å². The molecule has 0 radical (unpaired) electrons. The van der Waals surface area contributed by atoms with Crippen LogP contribution in [0.25, 0.3) is 33.2 Å². The van der Waals surface area contributed by atoms with E-state index >= 15 is 0 Å². The lowest BCUT2D eigenvalue weighted by atomic mass is 9.94. The number of aryl methyl sites for hydroxylation is 2. The highest BCUT2D eigenvalue weighted by molar-refractivity contribution is 5.99. The first kappa shape index (κ1) is 26.3. The summed E-state index contributed by atoms with van der Waals surface area (Å²) in [6.07, 6.45) is 1.91. The number of fused-ring (bicyclic) bond motifs is 1. The largest absolute Gasteiger partial charge is 0.488 e. The van der Waals surface area contributed by atoms with Crippen LogP contribution >= 0.6 is 0 Å². The summed E-state index contributed by atoms with van der Waals surface area (Å²) in [4.78, 5) is 12.1. The van der Waals surface area contributed by atoms with Crippen LogP contribution in [-0.2, 0) is 36.2 Å². The van der Waals surface area contributed by atoms with Crippen molar-refractivity contribution in [2.75, 3.05) is 6.61 Å². The SMILES string of the molecule is CCOC(=O)Cc1ccccc1OCc1coc2c(-c3c(C)nn(C)c3C)cc(-c3cccc(CN)c3)cc12. The lowest BCUT2D eigenvalue weighted by Crippen LogP contribution is -2.09.